The Morgan fingerprint density at radius 2 is 1.80 bits per heavy atom. The number of thiazole rings is 1. The second kappa shape index (κ2) is 7.33. The molecule has 2 aromatic carbocycles. The van der Waals surface area contributed by atoms with Crippen molar-refractivity contribution in [1.29, 1.82) is 0 Å². The molecular weight excluding hydrogens is 330 g/mol. The Balaban J connectivity index is 1.41. The zero-order valence-corrected chi connectivity index (χ0v) is 14.9. The van der Waals surface area contributed by atoms with E-state index in [-0.39, 0.29) is 5.91 Å². The molecule has 1 fully saturated rings. The molecule has 1 aliphatic heterocycles. The number of carbonyl (C=O) groups is 1. The van der Waals surface area contributed by atoms with Gasteiger partial charge in [-0.05, 0) is 55.8 Å². The third-order valence-corrected chi connectivity index (χ3v) is 5.54. The number of benzene rings is 2. The van der Waals surface area contributed by atoms with Gasteiger partial charge in [0.1, 0.15) is 0 Å². The van der Waals surface area contributed by atoms with Crippen LogP contribution < -0.4 is 5.32 Å². The Bertz CT molecular complexity index is 833. The minimum Gasteiger partial charge on any atom is -0.299 e. The van der Waals surface area contributed by atoms with Crippen molar-refractivity contribution in [3.63, 3.8) is 0 Å². The standard InChI is InChI=1S/C20H21N3OS/c24-19(22-20-21-17-6-2-3-7-18(17)25-20)16-10-8-15(9-11-16)14-23-12-4-1-5-13-23/h2-3,6-11H,1,4-5,12-14H2,(H,21,22,24). The number of likely N-dealkylation sites (tertiary alicyclic amines) is 1. The molecule has 1 N–H and O–H groups in total. The summed E-state index contributed by atoms with van der Waals surface area (Å²) in [5.41, 5.74) is 2.85. The van der Waals surface area contributed by atoms with E-state index < -0.39 is 0 Å². The van der Waals surface area contributed by atoms with Gasteiger partial charge in [0.15, 0.2) is 5.13 Å². The molecule has 2 heterocycles. The molecule has 0 bridgehead atoms. The SMILES string of the molecule is O=C(Nc1nc2ccccc2s1)c1ccc(CN2CCCCC2)cc1. The number of fused-ring (bicyclic) bond motifs is 1. The number of para-hydroxylation sites is 1. The van der Waals surface area contributed by atoms with Gasteiger partial charge in [-0.2, -0.15) is 0 Å². The first-order valence-electron chi connectivity index (χ1n) is 8.76. The zero-order valence-electron chi connectivity index (χ0n) is 14.1. The summed E-state index contributed by atoms with van der Waals surface area (Å²) in [7, 11) is 0. The van der Waals surface area contributed by atoms with Crippen molar-refractivity contribution in [1.82, 2.24) is 9.88 Å². The lowest BCUT2D eigenvalue weighted by Gasteiger charge is -2.26. The minimum atomic E-state index is -0.108. The van der Waals surface area contributed by atoms with Gasteiger partial charge in [0, 0.05) is 12.1 Å². The number of hydrogen-bond donors (Lipinski definition) is 1. The summed E-state index contributed by atoms with van der Waals surface area (Å²) < 4.78 is 1.08. The molecule has 0 radical (unpaired) electrons. The predicted octanol–water partition coefficient (Wildman–Crippen LogP) is 4.53. The number of rotatable bonds is 4. The maximum absolute atomic E-state index is 12.4. The highest BCUT2D eigenvalue weighted by Crippen LogP contribution is 2.25. The lowest BCUT2D eigenvalue weighted by atomic mass is 10.1. The number of piperidine rings is 1. The molecule has 0 saturated carbocycles. The molecule has 25 heavy (non-hydrogen) atoms. The molecule has 0 spiro atoms. The number of aromatic nitrogens is 1. The fourth-order valence-electron chi connectivity index (χ4n) is 3.23. The normalized spacial score (nSPS) is 15.4. The van der Waals surface area contributed by atoms with E-state index in [0.29, 0.717) is 10.7 Å². The molecule has 1 aromatic heterocycles. The van der Waals surface area contributed by atoms with Crippen LogP contribution in [-0.4, -0.2) is 28.9 Å². The van der Waals surface area contributed by atoms with Crippen molar-refractivity contribution in [2.24, 2.45) is 0 Å². The Kier molecular flexibility index (Phi) is 4.76. The molecule has 0 aliphatic carbocycles. The van der Waals surface area contributed by atoms with Crippen LogP contribution >= 0.6 is 11.3 Å². The molecule has 0 atom stereocenters. The van der Waals surface area contributed by atoms with Crippen LogP contribution in [0.1, 0.15) is 35.2 Å². The molecule has 1 amide bonds. The van der Waals surface area contributed by atoms with Crippen LogP contribution in [0.15, 0.2) is 48.5 Å². The summed E-state index contributed by atoms with van der Waals surface area (Å²) in [6.07, 6.45) is 3.94. The van der Waals surface area contributed by atoms with Crippen LogP contribution in [0, 0.1) is 0 Å². The highest BCUT2D eigenvalue weighted by atomic mass is 32.1. The molecule has 4 nitrogen and oxygen atoms in total. The fraction of sp³-hybridized carbons (Fsp3) is 0.300. The van der Waals surface area contributed by atoms with E-state index in [2.05, 4.69) is 27.3 Å². The number of nitrogens with one attached hydrogen (secondary N) is 1. The van der Waals surface area contributed by atoms with Gasteiger partial charge >= 0.3 is 0 Å². The highest BCUT2D eigenvalue weighted by molar-refractivity contribution is 7.22. The van der Waals surface area contributed by atoms with Gasteiger partial charge in [-0.3, -0.25) is 15.0 Å². The highest BCUT2D eigenvalue weighted by Gasteiger charge is 2.12. The predicted molar refractivity (Wildman–Crippen MR) is 103 cm³/mol. The van der Waals surface area contributed by atoms with Crippen LogP contribution in [0.3, 0.4) is 0 Å². The Labute approximate surface area is 151 Å². The van der Waals surface area contributed by atoms with E-state index >= 15 is 0 Å². The van der Waals surface area contributed by atoms with Crippen molar-refractivity contribution in [2.45, 2.75) is 25.8 Å². The maximum Gasteiger partial charge on any atom is 0.257 e. The average Bonchev–Trinajstić information content (AvgIpc) is 3.05. The topological polar surface area (TPSA) is 45.2 Å². The summed E-state index contributed by atoms with van der Waals surface area (Å²) in [5.74, 6) is -0.108. The van der Waals surface area contributed by atoms with Crippen molar-refractivity contribution in [2.75, 3.05) is 18.4 Å². The van der Waals surface area contributed by atoms with Gasteiger partial charge in [0.25, 0.3) is 5.91 Å². The summed E-state index contributed by atoms with van der Waals surface area (Å²) in [6, 6.07) is 15.8. The van der Waals surface area contributed by atoms with E-state index in [4.69, 9.17) is 0 Å². The lowest BCUT2D eigenvalue weighted by molar-refractivity contribution is 0.102. The first-order chi connectivity index (χ1) is 12.3. The van der Waals surface area contributed by atoms with Gasteiger partial charge in [-0.15, -0.1) is 0 Å². The molecule has 5 heteroatoms. The van der Waals surface area contributed by atoms with E-state index in [1.165, 1.54) is 49.3 Å². The van der Waals surface area contributed by atoms with Gasteiger partial charge in [-0.25, -0.2) is 4.98 Å². The molecule has 128 valence electrons. The molecule has 0 unspecified atom stereocenters. The molecule has 3 aromatic rings. The van der Waals surface area contributed by atoms with E-state index in [1.807, 2.05) is 36.4 Å². The smallest absolute Gasteiger partial charge is 0.257 e. The first-order valence-corrected chi connectivity index (χ1v) is 9.58. The number of hydrogen-bond acceptors (Lipinski definition) is 4. The second-order valence-corrected chi connectivity index (χ2v) is 7.51. The van der Waals surface area contributed by atoms with Gasteiger partial charge in [0.05, 0.1) is 10.2 Å². The summed E-state index contributed by atoms with van der Waals surface area (Å²) in [6.45, 7) is 3.33. The third kappa shape index (κ3) is 3.89. The number of nitrogens with zero attached hydrogens (tertiary/aromatic N) is 2. The zero-order chi connectivity index (χ0) is 17.1. The number of amides is 1. The summed E-state index contributed by atoms with van der Waals surface area (Å²) in [5, 5.41) is 3.55. The third-order valence-electron chi connectivity index (χ3n) is 4.59. The molecule has 4 rings (SSSR count). The van der Waals surface area contributed by atoms with E-state index in [0.717, 1.165) is 16.8 Å². The van der Waals surface area contributed by atoms with Crippen molar-refractivity contribution in [3.05, 3.63) is 59.7 Å². The molecule has 1 saturated heterocycles. The van der Waals surface area contributed by atoms with Crippen LogP contribution in [0.25, 0.3) is 10.2 Å². The van der Waals surface area contributed by atoms with E-state index in [1.54, 1.807) is 0 Å². The van der Waals surface area contributed by atoms with Gasteiger partial charge < -0.3 is 0 Å². The van der Waals surface area contributed by atoms with Crippen molar-refractivity contribution < 1.29 is 4.79 Å². The van der Waals surface area contributed by atoms with Crippen LogP contribution in [0.5, 0.6) is 0 Å². The van der Waals surface area contributed by atoms with Crippen LogP contribution in [0.4, 0.5) is 5.13 Å². The average molecular weight is 351 g/mol. The van der Waals surface area contributed by atoms with Gasteiger partial charge in [-0.1, -0.05) is 42.0 Å². The quantitative estimate of drug-likeness (QED) is 0.751. The van der Waals surface area contributed by atoms with Gasteiger partial charge in [0.2, 0.25) is 0 Å². The second-order valence-electron chi connectivity index (χ2n) is 6.47. The monoisotopic (exact) mass is 351 g/mol. The molecular formula is C20H21N3OS. The maximum atomic E-state index is 12.4. The first kappa shape index (κ1) is 16.2. The van der Waals surface area contributed by atoms with Crippen LogP contribution in [0.2, 0.25) is 0 Å². The van der Waals surface area contributed by atoms with Crippen LogP contribution in [-0.2, 0) is 6.54 Å². The minimum absolute atomic E-state index is 0.108. The Morgan fingerprint density at radius 1 is 1.04 bits per heavy atom. The number of anilines is 1. The number of carbonyl (C=O) groups excluding carboxylic acids is 1. The summed E-state index contributed by atoms with van der Waals surface area (Å²) >= 11 is 1.50. The van der Waals surface area contributed by atoms with Crippen molar-refractivity contribution >= 4 is 32.6 Å². The molecule has 1 aliphatic rings. The lowest BCUT2D eigenvalue weighted by Crippen LogP contribution is -2.29. The summed E-state index contributed by atoms with van der Waals surface area (Å²) in [4.78, 5) is 19.4. The largest absolute Gasteiger partial charge is 0.299 e. The Morgan fingerprint density at radius 3 is 2.56 bits per heavy atom. The Hall–Kier alpha value is -2.24. The van der Waals surface area contributed by atoms with E-state index in [9.17, 15) is 4.79 Å². The van der Waals surface area contributed by atoms with Crippen molar-refractivity contribution in [3.8, 4) is 0 Å². The fourth-order valence-corrected chi connectivity index (χ4v) is 4.09.